The number of hydrogen-bond acceptors (Lipinski definition) is 5. The first-order valence-electron chi connectivity index (χ1n) is 5.55. The Morgan fingerprint density at radius 3 is 2.68 bits per heavy atom. The fraction of sp³-hybridized carbons (Fsp3) is 0.308. The molecule has 0 spiro atoms. The SMILES string of the molecule is COc1cc(C#N)cc(OCC(=O)NCCC#N)c1. The molecule has 0 fully saturated rings. The van der Waals surface area contributed by atoms with E-state index in [4.69, 9.17) is 20.0 Å². The van der Waals surface area contributed by atoms with Gasteiger partial charge in [0.25, 0.3) is 5.91 Å². The minimum Gasteiger partial charge on any atom is -0.497 e. The van der Waals surface area contributed by atoms with Crippen molar-refractivity contribution in [3.05, 3.63) is 23.8 Å². The number of nitrogens with one attached hydrogen (secondary N) is 1. The average Bonchev–Trinajstić information content (AvgIpc) is 2.45. The first kappa shape index (κ1) is 14.3. The number of nitrogens with zero attached hydrogens (tertiary/aromatic N) is 2. The molecule has 0 aliphatic carbocycles. The Bertz CT molecular complexity index is 529. The molecule has 0 atom stereocenters. The van der Waals surface area contributed by atoms with Gasteiger partial charge in [0.15, 0.2) is 6.61 Å². The number of nitriles is 2. The van der Waals surface area contributed by atoms with Crippen molar-refractivity contribution in [2.45, 2.75) is 6.42 Å². The van der Waals surface area contributed by atoms with Crippen LogP contribution in [-0.4, -0.2) is 26.2 Å². The summed E-state index contributed by atoms with van der Waals surface area (Å²) in [6.45, 7) is 0.115. The molecule has 6 heteroatoms. The number of rotatable bonds is 6. The van der Waals surface area contributed by atoms with Gasteiger partial charge in [-0.1, -0.05) is 0 Å². The Morgan fingerprint density at radius 1 is 1.32 bits per heavy atom. The lowest BCUT2D eigenvalue weighted by molar-refractivity contribution is -0.123. The molecule has 0 unspecified atom stereocenters. The van der Waals surface area contributed by atoms with Gasteiger partial charge in [0.1, 0.15) is 11.5 Å². The smallest absolute Gasteiger partial charge is 0.257 e. The molecule has 0 saturated heterocycles. The van der Waals surface area contributed by atoms with Crippen LogP contribution in [0.4, 0.5) is 0 Å². The van der Waals surface area contributed by atoms with Crippen LogP contribution in [-0.2, 0) is 4.79 Å². The molecule has 1 aromatic rings. The maximum absolute atomic E-state index is 11.4. The van der Waals surface area contributed by atoms with Crippen LogP contribution < -0.4 is 14.8 Å². The van der Waals surface area contributed by atoms with Gasteiger partial charge in [0.2, 0.25) is 0 Å². The van der Waals surface area contributed by atoms with Gasteiger partial charge in [0, 0.05) is 12.6 Å². The molecule has 0 saturated carbocycles. The van der Waals surface area contributed by atoms with Crippen molar-refractivity contribution in [3.8, 4) is 23.6 Å². The summed E-state index contributed by atoms with van der Waals surface area (Å²) in [4.78, 5) is 11.4. The molecular formula is C13H13N3O3. The first-order chi connectivity index (χ1) is 9.19. The second-order valence-corrected chi connectivity index (χ2v) is 3.56. The molecule has 1 N–H and O–H groups in total. The van der Waals surface area contributed by atoms with E-state index in [1.165, 1.54) is 13.2 Å². The maximum atomic E-state index is 11.4. The normalized spacial score (nSPS) is 9.00. The van der Waals surface area contributed by atoms with Crippen molar-refractivity contribution in [2.75, 3.05) is 20.3 Å². The topological polar surface area (TPSA) is 95.1 Å². The summed E-state index contributed by atoms with van der Waals surface area (Å²) in [6, 6.07) is 8.57. The molecule has 0 bridgehead atoms. The lowest BCUT2D eigenvalue weighted by atomic mass is 10.2. The lowest BCUT2D eigenvalue weighted by Gasteiger charge is -2.08. The van der Waals surface area contributed by atoms with E-state index in [9.17, 15) is 4.79 Å². The number of amides is 1. The third-order valence-corrected chi connectivity index (χ3v) is 2.17. The molecule has 1 amide bonds. The first-order valence-corrected chi connectivity index (χ1v) is 5.55. The zero-order valence-electron chi connectivity index (χ0n) is 10.5. The summed E-state index contributed by atoms with van der Waals surface area (Å²) in [5.74, 6) is 0.543. The Labute approximate surface area is 111 Å². The van der Waals surface area contributed by atoms with E-state index >= 15 is 0 Å². The van der Waals surface area contributed by atoms with Gasteiger partial charge in [-0.25, -0.2) is 0 Å². The predicted molar refractivity (Wildman–Crippen MR) is 66.4 cm³/mol. The van der Waals surface area contributed by atoms with Gasteiger partial charge in [-0.2, -0.15) is 10.5 Å². The van der Waals surface area contributed by atoms with Crippen molar-refractivity contribution < 1.29 is 14.3 Å². The van der Waals surface area contributed by atoms with E-state index in [2.05, 4.69) is 5.32 Å². The maximum Gasteiger partial charge on any atom is 0.257 e. The highest BCUT2D eigenvalue weighted by Crippen LogP contribution is 2.22. The van der Waals surface area contributed by atoms with Crippen molar-refractivity contribution >= 4 is 5.91 Å². The van der Waals surface area contributed by atoms with Gasteiger partial charge in [-0.05, 0) is 12.1 Å². The number of methoxy groups -OCH3 is 1. The molecular weight excluding hydrogens is 246 g/mol. The Hall–Kier alpha value is -2.73. The monoisotopic (exact) mass is 259 g/mol. The van der Waals surface area contributed by atoms with Crippen LogP contribution in [0, 0.1) is 22.7 Å². The summed E-state index contributed by atoms with van der Waals surface area (Å²) >= 11 is 0. The molecule has 0 heterocycles. The van der Waals surface area contributed by atoms with E-state index in [1.54, 1.807) is 12.1 Å². The minimum absolute atomic E-state index is 0.177. The van der Waals surface area contributed by atoms with Crippen LogP contribution in [0.1, 0.15) is 12.0 Å². The summed E-state index contributed by atoms with van der Waals surface area (Å²) in [5, 5.41) is 19.7. The van der Waals surface area contributed by atoms with Gasteiger partial charge in [-0.3, -0.25) is 4.79 Å². The molecule has 0 radical (unpaired) electrons. The largest absolute Gasteiger partial charge is 0.497 e. The highest BCUT2D eigenvalue weighted by atomic mass is 16.5. The fourth-order valence-corrected chi connectivity index (χ4v) is 1.30. The number of benzene rings is 1. The number of ether oxygens (including phenoxy) is 2. The highest BCUT2D eigenvalue weighted by Gasteiger charge is 2.05. The zero-order chi connectivity index (χ0) is 14.1. The standard InChI is InChI=1S/C13H13N3O3/c1-18-11-5-10(8-15)6-12(7-11)19-9-13(17)16-4-2-3-14/h5-7H,2,4,9H2,1H3,(H,16,17). The molecule has 6 nitrogen and oxygen atoms in total. The van der Waals surface area contributed by atoms with Crippen LogP contribution in [0.15, 0.2) is 18.2 Å². The molecule has 0 aliphatic rings. The van der Waals surface area contributed by atoms with E-state index in [-0.39, 0.29) is 18.9 Å². The van der Waals surface area contributed by atoms with Gasteiger partial charge in [-0.15, -0.1) is 0 Å². The number of carbonyl (C=O) groups is 1. The van der Waals surface area contributed by atoms with Crippen molar-refractivity contribution in [1.29, 1.82) is 10.5 Å². The van der Waals surface area contributed by atoms with Crippen LogP contribution in [0.25, 0.3) is 0 Å². The molecule has 1 rings (SSSR count). The number of hydrogen-bond donors (Lipinski definition) is 1. The van der Waals surface area contributed by atoms with Crippen LogP contribution in [0.2, 0.25) is 0 Å². The third-order valence-electron chi connectivity index (χ3n) is 2.17. The zero-order valence-corrected chi connectivity index (χ0v) is 10.5. The Morgan fingerprint density at radius 2 is 2.05 bits per heavy atom. The van der Waals surface area contributed by atoms with Crippen molar-refractivity contribution in [3.63, 3.8) is 0 Å². The highest BCUT2D eigenvalue weighted by molar-refractivity contribution is 5.77. The third kappa shape index (κ3) is 4.97. The van der Waals surface area contributed by atoms with E-state index in [0.717, 1.165) is 0 Å². The van der Waals surface area contributed by atoms with Crippen LogP contribution >= 0.6 is 0 Å². The van der Waals surface area contributed by atoms with Gasteiger partial charge < -0.3 is 14.8 Å². The number of carbonyl (C=O) groups excluding carboxylic acids is 1. The Balaban J connectivity index is 2.56. The minimum atomic E-state index is -0.323. The summed E-state index contributed by atoms with van der Waals surface area (Å²) < 4.78 is 10.3. The summed E-state index contributed by atoms with van der Waals surface area (Å²) in [5.41, 5.74) is 0.388. The molecule has 19 heavy (non-hydrogen) atoms. The quantitative estimate of drug-likeness (QED) is 0.768. The average molecular weight is 259 g/mol. The lowest BCUT2D eigenvalue weighted by Crippen LogP contribution is -2.29. The van der Waals surface area contributed by atoms with Crippen molar-refractivity contribution in [2.24, 2.45) is 0 Å². The summed E-state index contributed by atoms with van der Waals surface area (Å²) in [7, 11) is 1.48. The Kier molecular flexibility index (Phi) is 5.71. The van der Waals surface area contributed by atoms with Gasteiger partial charge >= 0.3 is 0 Å². The van der Waals surface area contributed by atoms with Crippen LogP contribution in [0.3, 0.4) is 0 Å². The van der Waals surface area contributed by atoms with Crippen LogP contribution in [0.5, 0.6) is 11.5 Å². The molecule has 98 valence electrons. The van der Waals surface area contributed by atoms with E-state index in [0.29, 0.717) is 23.6 Å². The fourth-order valence-electron chi connectivity index (χ4n) is 1.30. The molecule has 1 aromatic carbocycles. The molecule has 0 aliphatic heterocycles. The molecule has 0 aromatic heterocycles. The predicted octanol–water partition coefficient (Wildman–Crippen LogP) is 0.976. The summed E-state index contributed by atoms with van der Waals surface area (Å²) in [6.07, 6.45) is 0.253. The van der Waals surface area contributed by atoms with Crippen molar-refractivity contribution in [1.82, 2.24) is 5.32 Å². The second-order valence-electron chi connectivity index (χ2n) is 3.56. The van der Waals surface area contributed by atoms with E-state index in [1.807, 2.05) is 12.1 Å². The van der Waals surface area contributed by atoms with E-state index < -0.39 is 0 Å². The van der Waals surface area contributed by atoms with Gasteiger partial charge in [0.05, 0.1) is 31.2 Å². The second kappa shape index (κ2) is 7.57.